The Hall–Kier alpha value is -1.11. The number of hydrogen-bond acceptors (Lipinski definition) is 4. The van der Waals surface area contributed by atoms with E-state index >= 15 is 0 Å². The Morgan fingerprint density at radius 3 is 2.90 bits per heavy atom. The van der Waals surface area contributed by atoms with Gasteiger partial charge in [-0.15, -0.1) is 0 Å². The second-order valence-electron chi connectivity index (χ2n) is 4.72. The van der Waals surface area contributed by atoms with Crippen LogP contribution in [0.2, 0.25) is 0 Å². The molecule has 0 aliphatic heterocycles. The highest BCUT2D eigenvalue weighted by Gasteiger charge is 2.07. The minimum atomic E-state index is -0.118. The monoisotopic (exact) mass is 367 g/mol. The maximum atomic E-state index is 11.5. The van der Waals surface area contributed by atoms with Gasteiger partial charge in [0.2, 0.25) is 0 Å². The molecule has 1 heterocycles. The number of aryl methyl sites for hydroxylation is 1. The highest BCUT2D eigenvalue weighted by molar-refractivity contribution is 9.10. The summed E-state index contributed by atoms with van der Waals surface area (Å²) in [5.41, 5.74) is 1.80. The minimum Gasteiger partial charge on any atom is -0.313 e. The fraction of sp³-hybridized carbons (Fsp3) is 0.333. The van der Waals surface area contributed by atoms with Crippen molar-refractivity contribution in [3.8, 4) is 0 Å². The summed E-state index contributed by atoms with van der Waals surface area (Å²) in [4.78, 5) is 19.8. The molecular weight excluding hydrogens is 350 g/mol. The quantitative estimate of drug-likeness (QED) is 0.605. The maximum absolute atomic E-state index is 11.5. The van der Waals surface area contributed by atoms with Crippen LogP contribution < -0.4 is 10.9 Å². The zero-order valence-electron chi connectivity index (χ0n) is 12.1. The lowest BCUT2D eigenvalue weighted by Crippen LogP contribution is -2.14. The molecule has 0 saturated heterocycles. The van der Waals surface area contributed by atoms with Crippen LogP contribution in [-0.4, -0.2) is 16.5 Å². The molecule has 2 aromatic rings. The molecule has 1 aromatic carbocycles. The molecule has 1 aromatic heterocycles. The molecule has 2 rings (SSSR count). The normalized spacial score (nSPS) is 10.8. The molecule has 21 heavy (non-hydrogen) atoms. The molecule has 0 saturated carbocycles. The summed E-state index contributed by atoms with van der Waals surface area (Å²) >= 11 is 4.99. The van der Waals surface area contributed by atoms with E-state index in [2.05, 4.69) is 44.2 Å². The highest BCUT2D eigenvalue weighted by Crippen LogP contribution is 2.29. The summed E-state index contributed by atoms with van der Waals surface area (Å²) in [5.74, 6) is 0. The van der Waals surface area contributed by atoms with Crippen molar-refractivity contribution in [1.82, 2.24) is 15.3 Å². The van der Waals surface area contributed by atoms with Crippen LogP contribution in [-0.2, 0) is 6.54 Å². The highest BCUT2D eigenvalue weighted by atomic mass is 79.9. The lowest BCUT2D eigenvalue weighted by molar-refractivity contribution is 0.669. The zero-order valence-corrected chi connectivity index (χ0v) is 14.5. The van der Waals surface area contributed by atoms with Crippen molar-refractivity contribution in [2.24, 2.45) is 0 Å². The van der Waals surface area contributed by atoms with Gasteiger partial charge in [-0.1, -0.05) is 34.6 Å². The van der Waals surface area contributed by atoms with Gasteiger partial charge < -0.3 is 10.3 Å². The van der Waals surface area contributed by atoms with Crippen LogP contribution in [0.5, 0.6) is 0 Å². The summed E-state index contributed by atoms with van der Waals surface area (Å²) in [6.45, 7) is 5.75. The lowest BCUT2D eigenvalue weighted by Gasteiger charge is -2.10. The Kier molecular flexibility index (Phi) is 6.02. The Balaban J connectivity index is 2.23. The van der Waals surface area contributed by atoms with E-state index in [9.17, 15) is 4.79 Å². The van der Waals surface area contributed by atoms with Crippen LogP contribution in [0.1, 0.15) is 24.6 Å². The van der Waals surface area contributed by atoms with Gasteiger partial charge in [-0.25, -0.2) is 4.98 Å². The third-order valence-corrected chi connectivity index (χ3v) is 4.32. The van der Waals surface area contributed by atoms with Crippen molar-refractivity contribution < 1.29 is 0 Å². The number of H-pyrrole nitrogens is 1. The van der Waals surface area contributed by atoms with Crippen molar-refractivity contribution in [3.05, 3.63) is 50.3 Å². The Labute approximate surface area is 136 Å². The SMILES string of the molecule is CCCNCc1cc(Br)ccc1Sc1nc(C)cc(=O)[nH]1. The van der Waals surface area contributed by atoms with Gasteiger partial charge in [0.1, 0.15) is 0 Å². The van der Waals surface area contributed by atoms with Gasteiger partial charge >= 0.3 is 0 Å². The molecule has 0 atom stereocenters. The average molecular weight is 368 g/mol. The Bertz CT molecular complexity index is 672. The van der Waals surface area contributed by atoms with E-state index in [0.29, 0.717) is 5.16 Å². The predicted octanol–water partition coefficient (Wildman–Crippen LogP) is 3.49. The van der Waals surface area contributed by atoms with Crippen LogP contribution in [0.4, 0.5) is 0 Å². The standard InChI is InChI=1S/C15H18BrN3OS/c1-3-6-17-9-11-8-12(16)4-5-13(11)21-15-18-10(2)7-14(20)19-15/h4-5,7-8,17H,3,6,9H2,1-2H3,(H,18,19,20). The second kappa shape index (κ2) is 7.77. The molecule has 6 heteroatoms. The number of benzene rings is 1. The van der Waals surface area contributed by atoms with Gasteiger partial charge in [0.25, 0.3) is 5.56 Å². The first-order chi connectivity index (χ1) is 10.1. The molecule has 2 N–H and O–H groups in total. The maximum Gasteiger partial charge on any atom is 0.251 e. The largest absolute Gasteiger partial charge is 0.313 e. The molecule has 0 spiro atoms. The molecular formula is C15H18BrN3OS. The summed E-state index contributed by atoms with van der Waals surface area (Å²) < 4.78 is 1.05. The Morgan fingerprint density at radius 2 is 2.19 bits per heavy atom. The van der Waals surface area contributed by atoms with Crippen molar-refractivity contribution in [1.29, 1.82) is 0 Å². The molecule has 4 nitrogen and oxygen atoms in total. The van der Waals surface area contributed by atoms with E-state index in [4.69, 9.17) is 0 Å². The first-order valence-electron chi connectivity index (χ1n) is 6.83. The second-order valence-corrected chi connectivity index (χ2v) is 6.67. The van der Waals surface area contributed by atoms with Gasteiger partial charge in [-0.3, -0.25) is 4.79 Å². The smallest absolute Gasteiger partial charge is 0.251 e. The number of nitrogens with one attached hydrogen (secondary N) is 2. The number of hydrogen-bond donors (Lipinski definition) is 2. The molecule has 0 bridgehead atoms. The number of rotatable bonds is 6. The minimum absolute atomic E-state index is 0.118. The van der Waals surface area contributed by atoms with E-state index < -0.39 is 0 Å². The fourth-order valence-corrected chi connectivity index (χ4v) is 3.25. The van der Waals surface area contributed by atoms with Gasteiger partial charge in [-0.2, -0.15) is 0 Å². The zero-order chi connectivity index (χ0) is 15.2. The van der Waals surface area contributed by atoms with Crippen LogP contribution in [0.15, 0.2) is 43.6 Å². The molecule has 0 amide bonds. The third kappa shape index (κ3) is 4.98. The van der Waals surface area contributed by atoms with Gasteiger partial charge in [0, 0.05) is 27.7 Å². The molecule has 112 valence electrons. The van der Waals surface area contributed by atoms with E-state index in [1.807, 2.05) is 19.1 Å². The number of nitrogens with zero attached hydrogens (tertiary/aromatic N) is 1. The summed E-state index contributed by atoms with van der Waals surface area (Å²) in [6, 6.07) is 7.63. The summed E-state index contributed by atoms with van der Waals surface area (Å²) in [6.07, 6.45) is 1.10. The van der Waals surface area contributed by atoms with Crippen LogP contribution in [0.3, 0.4) is 0 Å². The number of aromatic amines is 1. The van der Waals surface area contributed by atoms with Crippen LogP contribution in [0, 0.1) is 6.92 Å². The van der Waals surface area contributed by atoms with Crippen molar-refractivity contribution in [3.63, 3.8) is 0 Å². The Morgan fingerprint density at radius 1 is 1.38 bits per heavy atom. The third-order valence-electron chi connectivity index (χ3n) is 2.82. The molecule has 0 fully saturated rings. The predicted molar refractivity (Wildman–Crippen MR) is 89.9 cm³/mol. The van der Waals surface area contributed by atoms with E-state index in [1.54, 1.807) is 0 Å². The van der Waals surface area contributed by atoms with Crippen molar-refractivity contribution in [2.45, 2.75) is 36.9 Å². The summed E-state index contributed by atoms with van der Waals surface area (Å²) in [5, 5.41) is 4.03. The van der Waals surface area contributed by atoms with E-state index in [-0.39, 0.29) is 5.56 Å². The lowest BCUT2D eigenvalue weighted by atomic mass is 10.2. The first-order valence-corrected chi connectivity index (χ1v) is 8.44. The molecule has 0 radical (unpaired) electrons. The number of halogens is 1. The van der Waals surface area contributed by atoms with Crippen LogP contribution in [0.25, 0.3) is 0 Å². The topological polar surface area (TPSA) is 57.8 Å². The average Bonchev–Trinajstić information content (AvgIpc) is 2.41. The van der Waals surface area contributed by atoms with Gasteiger partial charge in [0.05, 0.1) is 0 Å². The van der Waals surface area contributed by atoms with E-state index in [1.165, 1.54) is 23.4 Å². The van der Waals surface area contributed by atoms with Crippen molar-refractivity contribution in [2.75, 3.05) is 6.54 Å². The molecule has 0 unspecified atom stereocenters. The summed E-state index contributed by atoms with van der Waals surface area (Å²) in [7, 11) is 0. The fourth-order valence-electron chi connectivity index (χ4n) is 1.89. The van der Waals surface area contributed by atoms with Gasteiger partial charge in [-0.05, 0) is 43.7 Å². The molecule has 0 aliphatic carbocycles. The molecule has 0 aliphatic rings. The number of aromatic nitrogens is 2. The van der Waals surface area contributed by atoms with Crippen molar-refractivity contribution >= 4 is 27.7 Å². The van der Waals surface area contributed by atoms with Gasteiger partial charge in [0.15, 0.2) is 5.16 Å². The van der Waals surface area contributed by atoms with E-state index in [0.717, 1.165) is 34.6 Å². The van der Waals surface area contributed by atoms with Crippen LogP contribution >= 0.6 is 27.7 Å². The first kappa shape index (κ1) is 16.3.